The van der Waals surface area contributed by atoms with Gasteiger partial charge in [0.2, 0.25) is 0 Å². The molecule has 0 aliphatic heterocycles. The first kappa shape index (κ1) is 14.1. The summed E-state index contributed by atoms with van der Waals surface area (Å²) in [6, 6.07) is 7.25. The SMILES string of the molecule is Cc1ccc(C(=O)CCCC(=O)CC(=O)O)cc1. The van der Waals surface area contributed by atoms with Crippen molar-refractivity contribution in [2.45, 2.75) is 32.6 Å². The zero-order chi connectivity index (χ0) is 13.5. The maximum absolute atomic E-state index is 11.7. The summed E-state index contributed by atoms with van der Waals surface area (Å²) in [5.74, 6) is -1.47. The minimum Gasteiger partial charge on any atom is -0.481 e. The summed E-state index contributed by atoms with van der Waals surface area (Å²) in [6.45, 7) is 1.94. The maximum atomic E-state index is 11.7. The second-order valence-corrected chi connectivity index (χ2v) is 4.25. The third-order valence-electron chi connectivity index (χ3n) is 2.58. The lowest BCUT2D eigenvalue weighted by Gasteiger charge is -2.01. The van der Waals surface area contributed by atoms with Gasteiger partial charge in [-0.1, -0.05) is 29.8 Å². The third kappa shape index (κ3) is 4.91. The molecule has 0 fully saturated rings. The van der Waals surface area contributed by atoms with E-state index in [1.54, 1.807) is 12.1 Å². The van der Waals surface area contributed by atoms with Gasteiger partial charge in [0, 0.05) is 18.4 Å². The van der Waals surface area contributed by atoms with E-state index in [-0.39, 0.29) is 24.4 Å². The second-order valence-electron chi connectivity index (χ2n) is 4.25. The van der Waals surface area contributed by atoms with Gasteiger partial charge >= 0.3 is 5.97 Å². The van der Waals surface area contributed by atoms with Crippen LogP contribution in [0.3, 0.4) is 0 Å². The lowest BCUT2D eigenvalue weighted by atomic mass is 10.0. The van der Waals surface area contributed by atoms with Crippen LogP contribution in [-0.4, -0.2) is 22.6 Å². The van der Waals surface area contributed by atoms with E-state index in [1.807, 2.05) is 19.1 Å². The summed E-state index contributed by atoms with van der Waals surface area (Å²) >= 11 is 0. The molecular weight excluding hydrogens is 232 g/mol. The van der Waals surface area contributed by atoms with Crippen LogP contribution in [0.1, 0.15) is 41.6 Å². The van der Waals surface area contributed by atoms with E-state index in [9.17, 15) is 14.4 Å². The molecule has 0 aliphatic carbocycles. The zero-order valence-electron chi connectivity index (χ0n) is 10.3. The van der Waals surface area contributed by atoms with Gasteiger partial charge in [0.15, 0.2) is 5.78 Å². The maximum Gasteiger partial charge on any atom is 0.310 e. The lowest BCUT2D eigenvalue weighted by Crippen LogP contribution is -2.07. The molecule has 1 aromatic carbocycles. The molecule has 4 nitrogen and oxygen atoms in total. The molecule has 0 unspecified atom stereocenters. The summed E-state index contributed by atoms with van der Waals surface area (Å²) in [7, 11) is 0. The van der Waals surface area contributed by atoms with Gasteiger partial charge in [-0.25, -0.2) is 0 Å². The highest BCUT2D eigenvalue weighted by Gasteiger charge is 2.10. The molecule has 96 valence electrons. The van der Waals surface area contributed by atoms with Gasteiger partial charge in [-0.15, -0.1) is 0 Å². The normalized spacial score (nSPS) is 10.1. The van der Waals surface area contributed by atoms with Crippen molar-refractivity contribution in [1.82, 2.24) is 0 Å². The number of rotatable bonds is 7. The lowest BCUT2D eigenvalue weighted by molar-refractivity contribution is -0.140. The molecule has 1 rings (SSSR count). The quantitative estimate of drug-likeness (QED) is 0.594. The second kappa shape index (κ2) is 6.69. The number of aryl methyl sites for hydroxylation is 1. The first-order valence-electron chi connectivity index (χ1n) is 5.82. The van der Waals surface area contributed by atoms with Crippen LogP contribution in [0.15, 0.2) is 24.3 Å². The van der Waals surface area contributed by atoms with E-state index in [0.717, 1.165) is 5.56 Å². The fraction of sp³-hybridized carbons (Fsp3) is 0.357. The number of hydrogen-bond donors (Lipinski definition) is 1. The number of carboxylic acids is 1. The molecule has 0 heterocycles. The van der Waals surface area contributed by atoms with Crippen molar-refractivity contribution in [1.29, 1.82) is 0 Å². The van der Waals surface area contributed by atoms with E-state index in [2.05, 4.69) is 0 Å². The smallest absolute Gasteiger partial charge is 0.310 e. The van der Waals surface area contributed by atoms with Crippen molar-refractivity contribution < 1.29 is 19.5 Å². The number of carbonyl (C=O) groups excluding carboxylic acids is 2. The largest absolute Gasteiger partial charge is 0.481 e. The van der Waals surface area contributed by atoms with Crippen molar-refractivity contribution >= 4 is 17.5 Å². The third-order valence-corrected chi connectivity index (χ3v) is 2.58. The summed E-state index contributed by atoms with van der Waals surface area (Å²) in [5, 5.41) is 8.41. The zero-order valence-corrected chi connectivity index (χ0v) is 10.3. The Morgan fingerprint density at radius 1 is 1.06 bits per heavy atom. The van der Waals surface area contributed by atoms with Gasteiger partial charge in [-0.3, -0.25) is 14.4 Å². The number of benzene rings is 1. The fourth-order valence-electron chi connectivity index (χ4n) is 1.59. The number of hydrogen-bond acceptors (Lipinski definition) is 3. The Balaban J connectivity index is 2.35. The average Bonchev–Trinajstić information content (AvgIpc) is 2.28. The van der Waals surface area contributed by atoms with Crippen molar-refractivity contribution in [3.63, 3.8) is 0 Å². The summed E-state index contributed by atoms with van der Waals surface area (Å²) in [5.41, 5.74) is 1.72. The van der Waals surface area contributed by atoms with Crippen LogP contribution in [0.2, 0.25) is 0 Å². The van der Waals surface area contributed by atoms with E-state index < -0.39 is 12.4 Å². The van der Waals surface area contributed by atoms with E-state index >= 15 is 0 Å². The predicted octanol–water partition coefficient (Wildman–Crippen LogP) is 2.39. The molecule has 0 saturated heterocycles. The molecule has 4 heteroatoms. The first-order valence-corrected chi connectivity index (χ1v) is 5.82. The summed E-state index contributed by atoms with van der Waals surface area (Å²) in [6.07, 6.45) is 0.357. The van der Waals surface area contributed by atoms with Crippen molar-refractivity contribution in [2.24, 2.45) is 0 Å². The molecule has 1 N–H and O–H groups in total. The molecular formula is C14H16O4. The minimum absolute atomic E-state index is 0.0156. The van der Waals surface area contributed by atoms with Crippen LogP contribution in [0.25, 0.3) is 0 Å². The van der Waals surface area contributed by atoms with Gasteiger partial charge in [0.25, 0.3) is 0 Å². The van der Waals surface area contributed by atoms with Crippen LogP contribution < -0.4 is 0 Å². The molecule has 18 heavy (non-hydrogen) atoms. The Bertz CT molecular complexity index is 445. The van der Waals surface area contributed by atoms with Gasteiger partial charge in [0.1, 0.15) is 12.2 Å². The number of carboxylic acid groups (broad SMARTS) is 1. The standard InChI is InChI=1S/C14H16O4/c1-10-5-7-11(8-6-10)13(16)4-2-3-12(15)9-14(17)18/h5-8H,2-4,9H2,1H3,(H,17,18). The number of aliphatic carboxylic acids is 1. The molecule has 0 aromatic heterocycles. The number of ketones is 2. The molecule has 0 aliphatic rings. The number of carbonyl (C=O) groups is 3. The highest BCUT2D eigenvalue weighted by atomic mass is 16.4. The Hall–Kier alpha value is -1.97. The van der Waals surface area contributed by atoms with E-state index in [4.69, 9.17) is 5.11 Å². The van der Waals surface area contributed by atoms with Gasteiger partial charge < -0.3 is 5.11 Å². The van der Waals surface area contributed by atoms with E-state index in [1.165, 1.54) is 0 Å². The molecule has 0 amide bonds. The molecule has 1 aromatic rings. The summed E-state index contributed by atoms with van der Waals surface area (Å²) < 4.78 is 0. The highest BCUT2D eigenvalue weighted by molar-refractivity contribution is 5.97. The topological polar surface area (TPSA) is 71.4 Å². The summed E-state index contributed by atoms with van der Waals surface area (Å²) in [4.78, 5) is 33.1. The van der Waals surface area contributed by atoms with Crippen LogP contribution in [-0.2, 0) is 9.59 Å². The Morgan fingerprint density at radius 2 is 1.67 bits per heavy atom. The average molecular weight is 248 g/mol. The van der Waals surface area contributed by atoms with Crippen molar-refractivity contribution in [3.05, 3.63) is 35.4 Å². The van der Waals surface area contributed by atoms with Gasteiger partial charge in [-0.2, -0.15) is 0 Å². The molecule has 0 spiro atoms. The van der Waals surface area contributed by atoms with Crippen LogP contribution in [0.5, 0.6) is 0 Å². The highest BCUT2D eigenvalue weighted by Crippen LogP contribution is 2.09. The monoisotopic (exact) mass is 248 g/mol. The molecule has 0 radical (unpaired) electrons. The van der Waals surface area contributed by atoms with Gasteiger partial charge in [-0.05, 0) is 13.3 Å². The first-order chi connectivity index (χ1) is 8.49. The van der Waals surface area contributed by atoms with Crippen LogP contribution in [0, 0.1) is 6.92 Å². The van der Waals surface area contributed by atoms with Gasteiger partial charge in [0.05, 0.1) is 0 Å². The van der Waals surface area contributed by atoms with Crippen LogP contribution in [0.4, 0.5) is 0 Å². The molecule has 0 bridgehead atoms. The minimum atomic E-state index is -1.12. The van der Waals surface area contributed by atoms with Crippen molar-refractivity contribution in [2.75, 3.05) is 0 Å². The fourth-order valence-corrected chi connectivity index (χ4v) is 1.59. The molecule has 0 saturated carbocycles. The number of Topliss-reactive ketones (excluding diaryl/α,β-unsaturated/α-hetero) is 2. The van der Waals surface area contributed by atoms with Crippen molar-refractivity contribution in [3.8, 4) is 0 Å². The van der Waals surface area contributed by atoms with E-state index in [0.29, 0.717) is 12.0 Å². The Labute approximate surface area is 106 Å². The Morgan fingerprint density at radius 3 is 2.22 bits per heavy atom. The van der Waals surface area contributed by atoms with Crippen LogP contribution >= 0.6 is 0 Å². The Kier molecular flexibility index (Phi) is 5.24. The predicted molar refractivity (Wildman–Crippen MR) is 66.6 cm³/mol. The molecule has 0 atom stereocenters.